The largest absolute Gasteiger partial charge is 0.359 e. The van der Waals surface area contributed by atoms with Gasteiger partial charge in [-0.1, -0.05) is 35.5 Å². The molecule has 0 N–H and O–H groups in total. The fourth-order valence-corrected chi connectivity index (χ4v) is 3.06. The van der Waals surface area contributed by atoms with Crippen LogP contribution in [0.4, 0.5) is 0 Å². The highest BCUT2D eigenvalue weighted by atomic mass is 16.5. The van der Waals surface area contributed by atoms with Crippen molar-refractivity contribution < 1.29 is 9.32 Å². The number of carbonyl (C=O) groups is 1. The van der Waals surface area contributed by atoms with Crippen LogP contribution in [-0.2, 0) is 11.3 Å². The van der Waals surface area contributed by atoms with E-state index in [0.29, 0.717) is 0 Å². The number of rotatable bonds is 4. The minimum Gasteiger partial charge on any atom is -0.359 e. The van der Waals surface area contributed by atoms with Crippen molar-refractivity contribution in [3.05, 3.63) is 42.2 Å². The summed E-state index contributed by atoms with van der Waals surface area (Å²) in [5.74, 6) is 1.28. The Morgan fingerprint density at radius 3 is 2.61 bits per heavy atom. The zero-order chi connectivity index (χ0) is 16.2. The quantitative estimate of drug-likeness (QED) is 0.871. The molecule has 1 saturated heterocycles. The molecule has 5 nitrogen and oxygen atoms in total. The SMILES string of the molecule is CN(C)C(=O)C1CCN(Cc2cc(-c3ccccc3)no2)CC1. The van der Waals surface area contributed by atoms with E-state index in [0.717, 1.165) is 49.5 Å². The molecule has 0 saturated carbocycles. The molecule has 122 valence electrons. The van der Waals surface area contributed by atoms with Crippen LogP contribution < -0.4 is 0 Å². The average Bonchev–Trinajstić information content (AvgIpc) is 3.04. The highest BCUT2D eigenvalue weighted by Crippen LogP contribution is 2.23. The summed E-state index contributed by atoms with van der Waals surface area (Å²) in [6.45, 7) is 2.60. The second kappa shape index (κ2) is 6.96. The summed E-state index contributed by atoms with van der Waals surface area (Å²) in [6, 6.07) is 12.0. The molecule has 2 aromatic rings. The van der Waals surface area contributed by atoms with Gasteiger partial charge in [-0.2, -0.15) is 0 Å². The summed E-state index contributed by atoms with van der Waals surface area (Å²) in [5, 5.41) is 4.16. The molecule has 1 aliphatic heterocycles. The van der Waals surface area contributed by atoms with E-state index in [4.69, 9.17) is 4.52 Å². The maximum Gasteiger partial charge on any atom is 0.225 e. The maximum absolute atomic E-state index is 12.0. The lowest BCUT2D eigenvalue weighted by Gasteiger charge is -2.31. The van der Waals surface area contributed by atoms with E-state index in [1.165, 1.54) is 0 Å². The van der Waals surface area contributed by atoms with Gasteiger partial charge in [-0.05, 0) is 25.9 Å². The molecule has 5 heteroatoms. The maximum atomic E-state index is 12.0. The van der Waals surface area contributed by atoms with Crippen molar-refractivity contribution in [3.8, 4) is 11.3 Å². The number of hydrogen-bond acceptors (Lipinski definition) is 4. The van der Waals surface area contributed by atoms with Crippen molar-refractivity contribution in [1.82, 2.24) is 15.0 Å². The van der Waals surface area contributed by atoms with E-state index in [1.807, 2.05) is 50.5 Å². The van der Waals surface area contributed by atoms with Crippen LogP contribution in [0.3, 0.4) is 0 Å². The predicted octanol–water partition coefficient (Wildman–Crippen LogP) is 2.64. The summed E-state index contributed by atoms with van der Waals surface area (Å²) in [4.78, 5) is 16.0. The first-order chi connectivity index (χ1) is 11.1. The highest BCUT2D eigenvalue weighted by molar-refractivity contribution is 5.78. The third-order valence-electron chi connectivity index (χ3n) is 4.39. The predicted molar refractivity (Wildman–Crippen MR) is 88.6 cm³/mol. The molecule has 1 amide bonds. The van der Waals surface area contributed by atoms with Gasteiger partial charge in [0.25, 0.3) is 0 Å². The minimum absolute atomic E-state index is 0.163. The van der Waals surface area contributed by atoms with Crippen LogP contribution in [0.15, 0.2) is 40.9 Å². The minimum atomic E-state index is 0.163. The van der Waals surface area contributed by atoms with Gasteiger partial charge in [0.1, 0.15) is 5.69 Å². The van der Waals surface area contributed by atoms with Crippen LogP contribution in [0.1, 0.15) is 18.6 Å². The summed E-state index contributed by atoms with van der Waals surface area (Å²) in [5.41, 5.74) is 1.94. The third-order valence-corrected chi connectivity index (χ3v) is 4.39. The molecule has 3 rings (SSSR count). The number of piperidine rings is 1. The number of likely N-dealkylation sites (tertiary alicyclic amines) is 1. The average molecular weight is 313 g/mol. The molecule has 0 unspecified atom stereocenters. The summed E-state index contributed by atoms with van der Waals surface area (Å²) >= 11 is 0. The molecule has 0 bridgehead atoms. The van der Waals surface area contributed by atoms with Crippen molar-refractivity contribution in [2.24, 2.45) is 5.92 Å². The third kappa shape index (κ3) is 3.79. The van der Waals surface area contributed by atoms with Crippen molar-refractivity contribution in [2.45, 2.75) is 19.4 Å². The van der Waals surface area contributed by atoms with E-state index in [-0.39, 0.29) is 11.8 Å². The molecule has 1 fully saturated rings. The Labute approximate surface area is 136 Å². The van der Waals surface area contributed by atoms with Gasteiger partial charge < -0.3 is 9.42 Å². The summed E-state index contributed by atoms with van der Waals surface area (Å²) < 4.78 is 5.47. The van der Waals surface area contributed by atoms with Gasteiger partial charge in [0.05, 0.1) is 6.54 Å². The Bertz CT molecular complexity index is 643. The van der Waals surface area contributed by atoms with Gasteiger partial charge in [0, 0.05) is 31.6 Å². The second-order valence-electron chi connectivity index (χ2n) is 6.33. The van der Waals surface area contributed by atoms with Gasteiger partial charge in [-0.15, -0.1) is 0 Å². The molecule has 1 aromatic heterocycles. The number of amides is 1. The smallest absolute Gasteiger partial charge is 0.225 e. The van der Waals surface area contributed by atoms with Crippen LogP contribution in [0.2, 0.25) is 0 Å². The lowest BCUT2D eigenvalue weighted by molar-refractivity contribution is -0.134. The molecule has 1 aliphatic rings. The molecule has 0 aliphatic carbocycles. The zero-order valence-corrected chi connectivity index (χ0v) is 13.7. The zero-order valence-electron chi connectivity index (χ0n) is 13.7. The first kappa shape index (κ1) is 15.7. The summed E-state index contributed by atoms with van der Waals surface area (Å²) in [7, 11) is 3.66. The first-order valence-electron chi connectivity index (χ1n) is 8.08. The van der Waals surface area contributed by atoms with Crippen molar-refractivity contribution in [3.63, 3.8) is 0 Å². The van der Waals surface area contributed by atoms with E-state index in [9.17, 15) is 4.79 Å². The standard InChI is InChI=1S/C18H23N3O2/c1-20(2)18(22)15-8-10-21(11-9-15)13-16-12-17(19-23-16)14-6-4-3-5-7-14/h3-7,12,15H,8-11,13H2,1-2H3. The Balaban J connectivity index is 1.55. The van der Waals surface area contributed by atoms with Crippen LogP contribution in [0, 0.1) is 5.92 Å². The fraction of sp³-hybridized carbons (Fsp3) is 0.444. The monoisotopic (exact) mass is 313 g/mol. The summed E-state index contributed by atoms with van der Waals surface area (Å²) in [6.07, 6.45) is 1.83. The van der Waals surface area contributed by atoms with Crippen LogP contribution >= 0.6 is 0 Å². The molecule has 2 heterocycles. The van der Waals surface area contributed by atoms with Crippen molar-refractivity contribution in [2.75, 3.05) is 27.2 Å². The Morgan fingerprint density at radius 1 is 1.26 bits per heavy atom. The van der Waals surface area contributed by atoms with Gasteiger partial charge in [-0.25, -0.2) is 0 Å². The Hall–Kier alpha value is -2.14. The Kier molecular flexibility index (Phi) is 4.76. The fourth-order valence-electron chi connectivity index (χ4n) is 3.06. The van der Waals surface area contributed by atoms with E-state index < -0.39 is 0 Å². The highest BCUT2D eigenvalue weighted by Gasteiger charge is 2.26. The number of carbonyl (C=O) groups excluding carboxylic acids is 1. The topological polar surface area (TPSA) is 49.6 Å². The molecular formula is C18H23N3O2. The number of aromatic nitrogens is 1. The normalized spacial score (nSPS) is 16.4. The number of nitrogens with zero attached hydrogens (tertiary/aromatic N) is 3. The molecule has 0 atom stereocenters. The van der Waals surface area contributed by atoms with Gasteiger partial charge in [0.2, 0.25) is 5.91 Å². The molecule has 0 radical (unpaired) electrons. The van der Waals surface area contributed by atoms with Crippen LogP contribution in [-0.4, -0.2) is 48.0 Å². The number of hydrogen-bond donors (Lipinski definition) is 0. The van der Waals surface area contributed by atoms with Crippen molar-refractivity contribution in [1.29, 1.82) is 0 Å². The van der Waals surface area contributed by atoms with Gasteiger partial charge in [0.15, 0.2) is 5.76 Å². The van der Waals surface area contributed by atoms with Crippen LogP contribution in [0.25, 0.3) is 11.3 Å². The molecule has 23 heavy (non-hydrogen) atoms. The molecule has 0 spiro atoms. The van der Waals surface area contributed by atoms with E-state index in [2.05, 4.69) is 10.1 Å². The van der Waals surface area contributed by atoms with E-state index in [1.54, 1.807) is 4.90 Å². The van der Waals surface area contributed by atoms with Crippen molar-refractivity contribution >= 4 is 5.91 Å². The van der Waals surface area contributed by atoms with Gasteiger partial charge in [-0.3, -0.25) is 9.69 Å². The molecular weight excluding hydrogens is 290 g/mol. The lowest BCUT2D eigenvalue weighted by Crippen LogP contribution is -2.39. The lowest BCUT2D eigenvalue weighted by atomic mass is 9.95. The first-order valence-corrected chi connectivity index (χ1v) is 8.08. The molecule has 1 aromatic carbocycles. The van der Waals surface area contributed by atoms with Crippen LogP contribution in [0.5, 0.6) is 0 Å². The second-order valence-corrected chi connectivity index (χ2v) is 6.33. The number of benzene rings is 1. The van der Waals surface area contributed by atoms with Gasteiger partial charge >= 0.3 is 0 Å². The Morgan fingerprint density at radius 2 is 1.96 bits per heavy atom. The van der Waals surface area contributed by atoms with E-state index >= 15 is 0 Å².